The molecule has 6 nitrogen and oxygen atoms in total. The van der Waals surface area contributed by atoms with Crippen LogP contribution in [-0.2, 0) is 4.74 Å². The third kappa shape index (κ3) is 3.87. The van der Waals surface area contributed by atoms with E-state index in [1.807, 2.05) is 6.20 Å². The summed E-state index contributed by atoms with van der Waals surface area (Å²) in [5.41, 5.74) is 4.87. The number of nitrogens with zero attached hydrogens (tertiary/aromatic N) is 3. The molecule has 2 aromatic heterocycles. The number of nitrogens with one attached hydrogen (secondary N) is 1. The van der Waals surface area contributed by atoms with Crippen LogP contribution in [0.1, 0.15) is 69.5 Å². The Balaban J connectivity index is 1.76. The first-order valence-electron chi connectivity index (χ1n) is 10.3. The quantitative estimate of drug-likeness (QED) is 0.838. The molecule has 1 atom stereocenters. The van der Waals surface area contributed by atoms with Crippen LogP contribution in [0.2, 0.25) is 0 Å². The first-order valence-corrected chi connectivity index (χ1v) is 10.3. The Hall–Kier alpha value is -1.92. The number of aromatic nitrogens is 3. The zero-order chi connectivity index (χ0) is 18.8. The smallest absolute Gasteiger partial charge is 0.241 e. The average molecular weight is 370 g/mol. The Labute approximate surface area is 160 Å². The zero-order valence-electron chi connectivity index (χ0n) is 16.3. The van der Waals surface area contributed by atoms with E-state index in [9.17, 15) is 5.11 Å². The van der Waals surface area contributed by atoms with E-state index >= 15 is 0 Å². The normalized spacial score (nSPS) is 24.6. The predicted molar refractivity (Wildman–Crippen MR) is 107 cm³/mol. The van der Waals surface area contributed by atoms with Crippen LogP contribution in [-0.4, -0.2) is 45.1 Å². The van der Waals surface area contributed by atoms with Gasteiger partial charge in [0.15, 0.2) is 0 Å². The highest BCUT2D eigenvalue weighted by atomic mass is 16.5. The molecule has 0 amide bonds. The Morgan fingerprint density at radius 3 is 2.85 bits per heavy atom. The van der Waals surface area contributed by atoms with Gasteiger partial charge in [-0.2, -0.15) is 0 Å². The van der Waals surface area contributed by atoms with Gasteiger partial charge in [0.2, 0.25) is 5.95 Å². The first kappa shape index (κ1) is 18.4. The number of aliphatic hydroxyl groups excluding tert-OH is 1. The number of fused-ring (bicyclic) bond motifs is 1. The monoisotopic (exact) mass is 370 g/mol. The molecule has 0 saturated heterocycles. The van der Waals surface area contributed by atoms with Gasteiger partial charge < -0.3 is 15.2 Å². The predicted octanol–water partition coefficient (Wildman–Crippen LogP) is 3.76. The van der Waals surface area contributed by atoms with Crippen molar-refractivity contribution in [3.05, 3.63) is 29.6 Å². The van der Waals surface area contributed by atoms with Gasteiger partial charge in [0.25, 0.3) is 0 Å². The maximum Gasteiger partial charge on any atom is 0.241 e. The Kier molecular flexibility index (Phi) is 5.45. The summed E-state index contributed by atoms with van der Waals surface area (Å²) in [6.07, 6.45) is 9.68. The molecule has 1 aliphatic carbocycles. The summed E-state index contributed by atoms with van der Waals surface area (Å²) in [5, 5.41) is 18.1. The molecule has 2 N–H and O–H groups in total. The lowest BCUT2D eigenvalue weighted by Crippen LogP contribution is -2.19. The molecule has 0 radical (unpaired) electrons. The maximum atomic E-state index is 9.90. The zero-order valence-corrected chi connectivity index (χ0v) is 16.3. The van der Waals surface area contributed by atoms with Crippen LogP contribution in [0.25, 0.3) is 11.1 Å². The number of hydrogen-bond donors (Lipinski definition) is 2. The Bertz CT molecular complexity index is 821. The second-order valence-electron chi connectivity index (χ2n) is 7.88. The van der Waals surface area contributed by atoms with Gasteiger partial charge in [-0.15, -0.1) is 5.10 Å². The van der Waals surface area contributed by atoms with Gasteiger partial charge in [0.1, 0.15) is 0 Å². The largest absolute Gasteiger partial charge is 0.393 e. The minimum Gasteiger partial charge on any atom is -0.393 e. The number of ether oxygens (including phenoxy) is 1. The van der Waals surface area contributed by atoms with Crippen molar-refractivity contribution in [2.45, 2.75) is 70.4 Å². The minimum absolute atomic E-state index is 0.151. The topological polar surface area (TPSA) is 71.7 Å². The second kappa shape index (κ2) is 7.98. The number of aliphatic hydroxyl groups is 1. The molecule has 4 rings (SSSR count). The van der Waals surface area contributed by atoms with Crippen molar-refractivity contribution in [2.75, 3.05) is 18.5 Å². The lowest BCUT2D eigenvalue weighted by molar-refractivity contribution is 0.121. The van der Waals surface area contributed by atoms with Crippen molar-refractivity contribution in [2.24, 2.45) is 0 Å². The van der Waals surface area contributed by atoms with Crippen LogP contribution < -0.4 is 5.32 Å². The molecular weight excluding hydrogens is 340 g/mol. The van der Waals surface area contributed by atoms with Crippen LogP contribution in [0.4, 0.5) is 5.95 Å². The van der Waals surface area contributed by atoms with Gasteiger partial charge in [0, 0.05) is 23.2 Å². The van der Waals surface area contributed by atoms with E-state index in [1.54, 1.807) is 0 Å². The molecule has 1 fully saturated rings. The molecule has 1 saturated carbocycles. The molecule has 0 spiro atoms. The van der Waals surface area contributed by atoms with Crippen molar-refractivity contribution < 1.29 is 9.84 Å². The van der Waals surface area contributed by atoms with Gasteiger partial charge in [-0.1, -0.05) is 13.0 Å². The highest BCUT2D eigenvalue weighted by molar-refractivity contribution is 5.79. The molecule has 146 valence electrons. The summed E-state index contributed by atoms with van der Waals surface area (Å²) in [7, 11) is 0. The number of hydrogen-bond acceptors (Lipinski definition) is 5. The first-order chi connectivity index (χ1) is 13.2. The van der Waals surface area contributed by atoms with Crippen molar-refractivity contribution in [3.63, 3.8) is 0 Å². The molecule has 0 aromatic carbocycles. The second-order valence-corrected chi connectivity index (χ2v) is 7.88. The van der Waals surface area contributed by atoms with Crippen LogP contribution in [0.5, 0.6) is 0 Å². The van der Waals surface area contributed by atoms with Crippen LogP contribution >= 0.6 is 0 Å². The van der Waals surface area contributed by atoms with Gasteiger partial charge in [-0.05, 0) is 57.1 Å². The Morgan fingerprint density at radius 1 is 1.33 bits per heavy atom. The van der Waals surface area contributed by atoms with Crippen molar-refractivity contribution in [1.29, 1.82) is 0 Å². The van der Waals surface area contributed by atoms with Crippen molar-refractivity contribution >= 4 is 17.0 Å². The minimum atomic E-state index is -0.151. The van der Waals surface area contributed by atoms with E-state index in [4.69, 9.17) is 9.84 Å². The van der Waals surface area contributed by atoms with E-state index in [-0.39, 0.29) is 6.10 Å². The summed E-state index contributed by atoms with van der Waals surface area (Å²) in [6, 6.07) is 2.64. The van der Waals surface area contributed by atoms with Crippen LogP contribution in [0, 0.1) is 0 Å². The van der Waals surface area contributed by atoms with Crippen LogP contribution in [0.3, 0.4) is 0 Å². The van der Waals surface area contributed by atoms with Crippen molar-refractivity contribution in [1.82, 2.24) is 14.6 Å². The summed E-state index contributed by atoms with van der Waals surface area (Å²) >= 11 is 0. The molecule has 27 heavy (non-hydrogen) atoms. The fourth-order valence-electron chi connectivity index (χ4n) is 4.09. The maximum absolute atomic E-state index is 9.90. The molecule has 6 heteroatoms. The summed E-state index contributed by atoms with van der Waals surface area (Å²) in [4.78, 5) is 4.58. The van der Waals surface area contributed by atoms with Crippen LogP contribution in [0.15, 0.2) is 18.3 Å². The number of anilines is 1. The van der Waals surface area contributed by atoms with E-state index < -0.39 is 0 Å². The number of rotatable bonds is 5. The highest BCUT2D eigenvalue weighted by Crippen LogP contribution is 2.37. The molecule has 3 heterocycles. The van der Waals surface area contributed by atoms with E-state index in [1.165, 1.54) is 16.8 Å². The average Bonchev–Trinajstić information content (AvgIpc) is 3.08. The fourth-order valence-corrected chi connectivity index (χ4v) is 4.09. The lowest BCUT2D eigenvalue weighted by atomic mass is 9.85. The standard InChI is InChI=1S/C21H30N4O2/c1-3-14(2)23-21-22-13-20-18(15-8-10-27-11-9-15)12-19(25(20)24-21)16-4-6-17(26)7-5-16/h8,12-14,16-17,26H,3-7,9-11H2,1-2H3,(H,23,24)/t14-,16?,17?/m0/s1. The lowest BCUT2D eigenvalue weighted by Gasteiger charge is -2.25. The van der Waals surface area contributed by atoms with E-state index in [0.29, 0.717) is 24.5 Å². The van der Waals surface area contributed by atoms with Gasteiger partial charge in [-0.25, -0.2) is 9.50 Å². The third-order valence-electron chi connectivity index (χ3n) is 5.96. The fraction of sp³-hybridized carbons (Fsp3) is 0.619. The van der Waals surface area contributed by atoms with E-state index in [0.717, 1.165) is 50.6 Å². The van der Waals surface area contributed by atoms with E-state index in [2.05, 4.69) is 40.8 Å². The molecule has 2 aromatic rings. The van der Waals surface area contributed by atoms with Gasteiger partial charge in [-0.3, -0.25) is 0 Å². The molecule has 0 bridgehead atoms. The SMILES string of the molecule is CC[C@H](C)Nc1ncc2c(C3=CCOCC3)cc(C3CCC(O)CC3)n2n1. The highest BCUT2D eigenvalue weighted by Gasteiger charge is 2.26. The Morgan fingerprint density at radius 2 is 2.15 bits per heavy atom. The molecule has 1 aliphatic heterocycles. The summed E-state index contributed by atoms with van der Waals surface area (Å²) < 4.78 is 7.58. The molecule has 0 unspecified atom stereocenters. The van der Waals surface area contributed by atoms with Gasteiger partial charge >= 0.3 is 0 Å². The summed E-state index contributed by atoms with van der Waals surface area (Å²) in [6.45, 7) is 5.74. The molecular formula is C21H30N4O2. The third-order valence-corrected chi connectivity index (χ3v) is 5.96. The molecule has 2 aliphatic rings. The van der Waals surface area contributed by atoms with Gasteiger partial charge in [0.05, 0.1) is 31.0 Å². The van der Waals surface area contributed by atoms with Crippen molar-refractivity contribution in [3.8, 4) is 0 Å². The summed E-state index contributed by atoms with van der Waals surface area (Å²) in [5.74, 6) is 1.11.